The van der Waals surface area contributed by atoms with E-state index in [1.807, 2.05) is 6.92 Å². The summed E-state index contributed by atoms with van der Waals surface area (Å²) in [5, 5.41) is 8.36. The highest BCUT2D eigenvalue weighted by molar-refractivity contribution is 5.77. The molecule has 0 aliphatic carbocycles. The maximum Gasteiger partial charge on any atom is 0.379 e. The van der Waals surface area contributed by atoms with Gasteiger partial charge in [-0.15, -0.1) is 0 Å². The summed E-state index contributed by atoms with van der Waals surface area (Å²) in [4.78, 5) is 10.3. The maximum absolute atomic E-state index is 13.1. The summed E-state index contributed by atoms with van der Waals surface area (Å²) in [5.74, 6) is -5.92. The van der Waals surface area contributed by atoms with Crippen LogP contribution >= 0.6 is 0 Å². The van der Waals surface area contributed by atoms with E-state index in [0.717, 1.165) is 24.8 Å². The van der Waals surface area contributed by atoms with Gasteiger partial charge in [-0.3, -0.25) is 0 Å². The molecule has 0 aliphatic rings. The lowest BCUT2D eigenvalue weighted by atomic mass is 10.0. The summed E-state index contributed by atoms with van der Waals surface area (Å²) in [6.45, 7) is 2.05. The van der Waals surface area contributed by atoms with Crippen molar-refractivity contribution >= 4 is 5.97 Å². The third-order valence-corrected chi connectivity index (χ3v) is 2.40. The molecule has 2 nitrogen and oxygen atoms in total. The van der Waals surface area contributed by atoms with Crippen molar-refractivity contribution in [1.29, 1.82) is 0 Å². The van der Waals surface area contributed by atoms with E-state index in [2.05, 4.69) is 0 Å². The Labute approximate surface area is 92.9 Å². The normalized spacial score (nSPS) is 11.4. The molecule has 0 unspecified atom stereocenters. The Hall–Kier alpha value is -1.45. The number of hydrogen-bond donors (Lipinski definition) is 1. The fourth-order valence-corrected chi connectivity index (χ4v) is 1.39. The maximum atomic E-state index is 13.1. The summed E-state index contributed by atoms with van der Waals surface area (Å²) in [5.41, 5.74) is 0.479. The Morgan fingerprint density at radius 1 is 1.31 bits per heavy atom. The zero-order valence-electron chi connectivity index (χ0n) is 9.04. The average Bonchev–Trinajstić information content (AvgIpc) is 2.26. The molecule has 0 heterocycles. The average molecular weight is 228 g/mol. The van der Waals surface area contributed by atoms with Gasteiger partial charge in [-0.05, 0) is 18.4 Å². The number of benzene rings is 1. The van der Waals surface area contributed by atoms with Crippen LogP contribution in [0.15, 0.2) is 24.3 Å². The topological polar surface area (TPSA) is 37.3 Å². The van der Waals surface area contributed by atoms with Gasteiger partial charge in [-0.1, -0.05) is 37.6 Å². The minimum Gasteiger partial charge on any atom is -0.477 e. The van der Waals surface area contributed by atoms with E-state index < -0.39 is 17.5 Å². The number of aryl methyl sites for hydroxylation is 1. The molecule has 1 aromatic carbocycles. The van der Waals surface area contributed by atoms with Gasteiger partial charge < -0.3 is 5.11 Å². The molecular formula is C12H14F2O2. The molecule has 0 saturated carbocycles. The van der Waals surface area contributed by atoms with Crippen LogP contribution in [0.2, 0.25) is 0 Å². The molecule has 0 spiro atoms. The van der Waals surface area contributed by atoms with E-state index in [9.17, 15) is 13.6 Å². The number of hydrogen-bond acceptors (Lipinski definition) is 1. The van der Waals surface area contributed by atoms with Crippen molar-refractivity contribution in [3.63, 3.8) is 0 Å². The summed E-state index contributed by atoms with van der Waals surface area (Å²) >= 11 is 0. The van der Waals surface area contributed by atoms with Gasteiger partial charge >= 0.3 is 11.9 Å². The first kappa shape index (κ1) is 12.6. The second-order valence-corrected chi connectivity index (χ2v) is 3.68. The van der Waals surface area contributed by atoms with Crippen LogP contribution in [0.25, 0.3) is 0 Å². The van der Waals surface area contributed by atoms with Crippen LogP contribution < -0.4 is 0 Å². The number of alkyl halides is 2. The molecule has 0 atom stereocenters. The number of unbranched alkanes of at least 4 members (excludes halogenated alkanes) is 1. The van der Waals surface area contributed by atoms with Crippen molar-refractivity contribution in [2.45, 2.75) is 32.1 Å². The molecule has 88 valence electrons. The van der Waals surface area contributed by atoms with Crippen LogP contribution in [-0.2, 0) is 17.1 Å². The molecule has 1 aromatic rings. The van der Waals surface area contributed by atoms with Crippen molar-refractivity contribution in [2.24, 2.45) is 0 Å². The van der Waals surface area contributed by atoms with Crippen LogP contribution in [0, 0.1) is 0 Å². The fourth-order valence-electron chi connectivity index (χ4n) is 1.39. The first-order valence-corrected chi connectivity index (χ1v) is 5.19. The van der Waals surface area contributed by atoms with Crippen LogP contribution in [0.3, 0.4) is 0 Å². The van der Waals surface area contributed by atoms with Crippen LogP contribution in [0.5, 0.6) is 0 Å². The highest BCUT2D eigenvalue weighted by Crippen LogP contribution is 2.28. The molecule has 0 bridgehead atoms. The third-order valence-electron chi connectivity index (χ3n) is 2.40. The van der Waals surface area contributed by atoms with E-state index >= 15 is 0 Å². The van der Waals surface area contributed by atoms with Gasteiger partial charge in [0.2, 0.25) is 0 Å². The Morgan fingerprint density at radius 2 is 1.88 bits per heavy atom. The summed E-state index contributed by atoms with van der Waals surface area (Å²) in [6, 6.07) is 5.47. The lowest BCUT2D eigenvalue weighted by Crippen LogP contribution is -2.25. The number of carbonyl (C=O) groups is 1. The Bertz CT molecular complexity index is 358. The van der Waals surface area contributed by atoms with Crippen LogP contribution in [0.4, 0.5) is 8.78 Å². The van der Waals surface area contributed by atoms with Gasteiger partial charge in [0, 0.05) is 5.56 Å². The van der Waals surface area contributed by atoms with Crippen LogP contribution in [0.1, 0.15) is 30.9 Å². The van der Waals surface area contributed by atoms with Gasteiger partial charge in [-0.25, -0.2) is 4.79 Å². The third kappa shape index (κ3) is 2.78. The predicted molar refractivity (Wildman–Crippen MR) is 56.6 cm³/mol. The molecule has 0 aromatic heterocycles. The van der Waals surface area contributed by atoms with Crippen molar-refractivity contribution in [3.8, 4) is 0 Å². The highest BCUT2D eigenvalue weighted by Gasteiger charge is 2.40. The van der Waals surface area contributed by atoms with Gasteiger partial charge in [0.1, 0.15) is 0 Å². The minimum atomic E-state index is -3.80. The van der Waals surface area contributed by atoms with E-state index in [1.54, 1.807) is 12.1 Å². The zero-order valence-corrected chi connectivity index (χ0v) is 9.04. The lowest BCUT2D eigenvalue weighted by Gasteiger charge is -2.11. The minimum absolute atomic E-state index is 0.472. The van der Waals surface area contributed by atoms with E-state index in [-0.39, 0.29) is 0 Å². The second kappa shape index (κ2) is 5.05. The molecular weight excluding hydrogens is 214 g/mol. The monoisotopic (exact) mass is 228 g/mol. The number of halogens is 2. The Morgan fingerprint density at radius 3 is 2.31 bits per heavy atom. The Balaban J connectivity index is 2.82. The highest BCUT2D eigenvalue weighted by atomic mass is 19.3. The molecule has 1 N–H and O–H groups in total. The lowest BCUT2D eigenvalue weighted by molar-refractivity contribution is -0.166. The van der Waals surface area contributed by atoms with Gasteiger partial charge in [0.05, 0.1) is 0 Å². The van der Waals surface area contributed by atoms with Crippen molar-refractivity contribution < 1.29 is 18.7 Å². The van der Waals surface area contributed by atoms with Crippen molar-refractivity contribution in [2.75, 3.05) is 0 Å². The molecule has 4 heteroatoms. The number of carboxylic acid groups (broad SMARTS) is 1. The number of carboxylic acids is 1. The van der Waals surface area contributed by atoms with E-state index in [1.165, 1.54) is 12.1 Å². The largest absolute Gasteiger partial charge is 0.477 e. The van der Waals surface area contributed by atoms with Crippen molar-refractivity contribution in [3.05, 3.63) is 35.4 Å². The standard InChI is InChI=1S/C12H14F2O2/c1-2-3-4-9-5-7-10(8-6-9)12(13,14)11(15)16/h5-8H,2-4H2,1H3,(H,15,16). The Kier molecular flexibility index (Phi) is 3.99. The fraction of sp³-hybridized carbons (Fsp3) is 0.417. The SMILES string of the molecule is CCCCc1ccc(C(F)(F)C(=O)O)cc1. The van der Waals surface area contributed by atoms with Gasteiger partial charge in [-0.2, -0.15) is 8.78 Å². The zero-order chi connectivity index (χ0) is 12.2. The second-order valence-electron chi connectivity index (χ2n) is 3.68. The molecule has 0 fully saturated rings. The quantitative estimate of drug-likeness (QED) is 0.840. The summed E-state index contributed by atoms with van der Waals surface area (Å²) in [7, 11) is 0. The summed E-state index contributed by atoms with van der Waals surface area (Å²) in [6.07, 6.45) is 2.86. The predicted octanol–water partition coefficient (Wildman–Crippen LogP) is 3.21. The van der Waals surface area contributed by atoms with E-state index in [0.29, 0.717) is 0 Å². The number of aliphatic carboxylic acids is 1. The first-order valence-electron chi connectivity index (χ1n) is 5.19. The molecule has 0 radical (unpaired) electrons. The molecule has 0 aliphatic heterocycles. The summed E-state index contributed by atoms with van der Waals surface area (Å²) < 4.78 is 26.1. The first-order chi connectivity index (χ1) is 7.48. The molecule has 1 rings (SSSR count). The number of rotatable bonds is 5. The van der Waals surface area contributed by atoms with Gasteiger partial charge in [0.25, 0.3) is 0 Å². The van der Waals surface area contributed by atoms with Gasteiger partial charge in [0.15, 0.2) is 0 Å². The van der Waals surface area contributed by atoms with E-state index in [4.69, 9.17) is 5.11 Å². The molecule has 0 amide bonds. The molecule has 16 heavy (non-hydrogen) atoms. The van der Waals surface area contributed by atoms with Crippen LogP contribution in [-0.4, -0.2) is 11.1 Å². The molecule has 0 saturated heterocycles. The van der Waals surface area contributed by atoms with Crippen molar-refractivity contribution in [1.82, 2.24) is 0 Å². The smallest absolute Gasteiger partial charge is 0.379 e.